The van der Waals surface area contributed by atoms with Crippen molar-refractivity contribution in [1.29, 1.82) is 0 Å². The maximum Gasteiger partial charge on any atom is 0.317 e. The summed E-state index contributed by atoms with van der Waals surface area (Å²) in [5.41, 5.74) is 1.21. The van der Waals surface area contributed by atoms with E-state index < -0.39 is 5.97 Å². The van der Waals surface area contributed by atoms with Gasteiger partial charge in [0.25, 0.3) is 5.91 Å². The summed E-state index contributed by atoms with van der Waals surface area (Å²) >= 11 is 0. The van der Waals surface area contributed by atoms with E-state index in [1.807, 2.05) is 42.2 Å². The number of carboxylic acid groups (broad SMARTS) is 1. The van der Waals surface area contributed by atoms with Crippen LogP contribution in [0.1, 0.15) is 30.3 Å². The van der Waals surface area contributed by atoms with Gasteiger partial charge in [-0.1, -0.05) is 31.2 Å². The first-order valence-corrected chi connectivity index (χ1v) is 8.19. The topological polar surface area (TPSA) is 82.5 Å². The number of pyridine rings is 1. The minimum Gasteiger partial charge on any atom is -0.480 e. The third-order valence-corrected chi connectivity index (χ3v) is 4.54. The number of hydrogen-bond acceptors (Lipinski definition) is 4. The van der Waals surface area contributed by atoms with Crippen molar-refractivity contribution >= 4 is 22.8 Å². The molecule has 0 bridgehead atoms. The first kappa shape index (κ1) is 16.4. The van der Waals surface area contributed by atoms with E-state index in [-0.39, 0.29) is 24.5 Å². The van der Waals surface area contributed by atoms with Crippen molar-refractivity contribution in [3.8, 4) is 0 Å². The maximum atomic E-state index is 12.3. The van der Waals surface area contributed by atoms with E-state index in [4.69, 9.17) is 5.11 Å². The molecule has 126 valence electrons. The van der Waals surface area contributed by atoms with Gasteiger partial charge in [-0.15, -0.1) is 0 Å². The average molecular weight is 327 g/mol. The number of aliphatic carboxylic acids is 1. The van der Waals surface area contributed by atoms with Crippen LogP contribution in [-0.4, -0.2) is 52.0 Å². The number of carbonyl (C=O) groups excluding carboxylic acids is 1. The molecule has 1 heterocycles. The molecular weight excluding hydrogens is 306 g/mol. The summed E-state index contributed by atoms with van der Waals surface area (Å²) in [7, 11) is 0. The van der Waals surface area contributed by atoms with Crippen LogP contribution in [-0.2, 0) is 4.79 Å². The third kappa shape index (κ3) is 3.54. The molecular formula is C18H21N3O3. The predicted octanol–water partition coefficient (Wildman–Crippen LogP) is 1.90. The molecule has 2 aromatic rings. The van der Waals surface area contributed by atoms with Crippen molar-refractivity contribution in [1.82, 2.24) is 15.2 Å². The van der Waals surface area contributed by atoms with Crippen molar-refractivity contribution in [2.75, 3.05) is 13.1 Å². The first-order chi connectivity index (χ1) is 11.6. The summed E-state index contributed by atoms with van der Waals surface area (Å²) in [4.78, 5) is 29.5. The van der Waals surface area contributed by atoms with E-state index in [0.717, 1.165) is 23.7 Å². The van der Waals surface area contributed by atoms with Crippen LogP contribution in [0.2, 0.25) is 0 Å². The number of aromatic nitrogens is 1. The molecule has 6 nitrogen and oxygen atoms in total. The summed E-state index contributed by atoms with van der Waals surface area (Å²) in [5.74, 6) is -0.991. The molecule has 6 heteroatoms. The van der Waals surface area contributed by atoms with Crippen LogP contribution in [0.4, 0.5) is 0 Å². The van der Waals surface area contributed by atoms with Gasteiger partial charge in [0.15, 0.2) is 0 Å². The molecule has 1 aliphatic carbocycles. The van der Waals surface area contributed by atoms with Gasteiger partial charge in [0.1, 0.15) is 5.69 Å². The lowest BCUT2D eigenvalue weighted by atomic mass is 9.85. The number of carboxylic acids is 1. The second kappa shape index (κ2) is 6.97. The summed E-state index contributed by atoms with van der Waals surface area (Å²) in [5, 5.41) is 12.9. The molecule has 0 atom stereocenters. The van der Waals surface area contributed by atoms with E-state index in [0.29, 0.717) is 12.2 Å². The molecule has 0 saturated heterocycles. The Morgan fingerprint density at radius 1 is 1.25 bits per heavy atom. The number of nitrogens with one attached hydrogen (secondary N) is 1. The lowest BCUT2D eigenvalue weighted by Crippen LogP contribution is -2.54. The van der Waals surface area contributed by atoms with Crippen LogP contribution in [0.3, 0.4) is 0 Å². The SMILES string of the molecule is CCN(CC(=O)O)C1CC(NC(=O)c2ccc3ccccc3n2)C1. The highest BCUT2D eigenvalue weighted by Crippen LogP contribution is 2.26. The zero-order valence-corrected chi connectivity index (χ0v) is 13.6. The molecule has 1 aromatic carbocycles. The van der Waals surface area contributed by atoms with E-state index in [1.165, 1.54) is 0 Å². The first-order valence-electron chi connectivity index (χ1n) is 8.19. The van der Waals surface area contributed by atoms with Crippen molar-refractivity contribution in [2.24, 2.45) is 0 Å². The second-order valence-corrected chi connectivity index (χ2v) is 6.14. The molecule has 0 aliphatic heterocycles. The fourth-order valence-electron chi connectivity index (χ4n) is 3.13. The van der Waals surface area contributed by atoms with E-state index in [1.54, 1.807) is 6.07 Å². The molecule has 2 N–H and O–H groups in total. The van der Waals surface area contributed by atoms with E-state index >= 15 is 0 Å². The van der Waals surface area contributed by atoms with Crippen LogP contribution in [0.15, 0.2) is 36.4 Å². The van der Waals surface area contributed by atoms with Crippen LogP contribution in [0.25, 0.3) is 10.9 Å². The molecule has 0 spiro atoms. The summed E-state index contributed by atoms with van der Waals surface area (Å²) in [6, 6.07) is 11.6. The third-order valence-electron chi connectivity index (χ3n) is 4.54. The maximum absolute atomic E-state index is 12.3. The van der Waals surface area contributed by atoms with E-state index in [2.05, 4.69) is 10.3 Å². The fraction of sp³-hybridized carbons (Fsp3) is 0.389. The summed E-state index contributed by atoms with van der Waals surface area (Å²) in [6.45, 7) is 2.70. The highest BCUT2D eigenvalue weighted by Gasteiger charge is 2.34. The van der Waals surface area contributed by atoms with Crippen molar-refractivity contribution < 1.29 is 14.7 Å². The van der Waals surface area contributed by atoms with E-state index in [9.17, 15) is 9.59 Å². The number of fused-ring (bicyclic) bond motifs is 1. The van der Waals surface area contributed by atoms with Crippen LogP contribution < -0.4 is 5.32 Å². The van der Waals surface area contributed by atoms with Gasteiger partial charge in [0.05, 0.1) is 12.1 Å². The van der Waals surface area contributed by atoms with Gasteiger partial charge < -0.3 is 10.4 Å². The number of carbonyl (C=O) groups is 2. The zero-order valence-electron chi connectivity index (χ0n) is 13.6. The zero-order chi connectivity index (χ0) is 17.1. The standard InChI is InChI=1S/C18H21N3O3/c1-2-21(11-17(22)23)14-9-13(10-14)19-18(24)16-8-7-12-5-3-4-6-15(12)20-16/h3-8,13-14H,2,9-11H2,1H3,(H,19,24)(H,22,23). The molecule has 1 aromatic heterocycles. The predicted molar refractivity (Wildman–Crippen MR) is 90.9 cm³/mol. The smallest absolute Gasteiger partial charge is 0.317 e. The Labute approximate surface area is 140 Å². The minimum atomic E-state index is -0.815. The number of nitrogens with zero attached hydrogens (tertiary/aromatic N) is 2. The Hall–Kier alpha value is -2.47. The molecule has 1 saturated carbocycles. The highest BCUT2D eigenvalue weighted by atomic mass is 16.4. The average Bonchev–Trinajstić information content (AvgIpc) is 2.55. The van der Waals surface area contributed by atoms with Gasteiger partial charge in [-0.2, -0.15) is 0 Å². The Balaban J connectivity index is 1.57. The Morgan fingerprint density at radius 3 is 2.71 bits per heavy atom. The summed E-state index contributed by atoms with van der Waals surface area (Å²) in [6.07, 6.45) is 1.56. The monoisotopic (exact) mass is 327 g/mol. The van der Waals surface area contributed by atoms with Crippen molar-refractivity contribution in [3.05, 3.63) is 42.1 Å². The molecule has 1 amide bonds. The number of rotatable bonds is 6. The second-order valence-electron chi connectivity index (χ2n) is 6.14. The number of para-hydroxylation sites is 1. The van der Waals surface area contributed by atoms with Gasteiger partial charge in [-0.25, -0.2) is 4.98 Å². The largest absolute Gasteiger partial charge is 0.480 e. The Kier molecular flexibility index (Phi) is 4.76. The van der Waals surface area contributed by atoms with Crippen molar-refractivity contribution in [2.45, 2.75) is 31.8 Å². The van der Waals surface area contributed by atoms with Gasteiger partial charge in [-0.05, 0) is 31.5 Å². The number of hydrogen-bond donors (Lipinski definition) is 2. The molecule has 0 unspecified atom stereocenters. The molecule has 1 aliphatic rings. The lowest BCUT2D eigenvalue weighted by Gasteiger charge is -2.42. The minimum absolute atomic E-state index is 0.0497. The quantitative estimate of drug-likeness (QED) is 0.847. The number of likely N-dealkylation sites (N-methyl/N-ethyl adjacent to an activating group) is 1. The van der Waals surface area contributed by atoms with Gasteiger partial charge in [0, 0.05) is 17.5 Å². The van der Waals surface area contributed by atoms with Gasteiger partial charge in [-0.3, -0.25) is 14.5 Å². The van der Waals surface area contributed by atoms with Crippen LogP contribution in [0.5, 0.6) is 0 Å². The fourth-order valence-corrected chi connectivity index (χ4v) is 3.13. The number of amides is 1. The lowest BCUT2D eigenvalue weighted by molar-refractivity contribution is -0.139. The van der Waals surface area contributed by atoms with Gasteiger partial charge >= 0.3 is 5.97 Å². The Bertz CT molecular complexity index is 756. The summed E-state index contributed by atoms with van der Waals surface area (Å²) < 4.78 is 0. The van der Waals surface area contributed by atoms with Crippen molar-refractivity contribution in [3.63, 3.8) is 0 Å². The Morgan fingerprint density at radius 2 is 2.00 bits per heavy atom. The normalized spacial score (nSPS) is 19.9. The highest BCUT2D eigenvalue weighted by molar-refractivity contribution is 5.95. The molecule has 0 radical (unpaired) electrons. The van der Waals surface area contributed by atoms with Crippen LogP contribution in [0, 0.1) is 0 Å². The molecule has 3 rings (SSSR count). The molecule has 1 fully saturated rings. The molecule has 24 heavy (non-hydrogen) atoms. The van der Waals surface area contributed by atoms with Gasteiger partial charge in [0.2, 0.25) is 0 Å². The van der Waals surface area contributed by atoms with Crippen LogP contribution >= 0.6 is 0 Å². The number of benzene rings is 1.